The summed E-state index contributed by atoms with van der Waals surface area (Å²) in [5, 5.41) is 44.0. The molecule has 700 valence electrons. The van der Waals surface area contributed by atoms with Gasteiger partial charge in [0.1, 0.15) is 5.75 Å². The molecule has 129 heavy (non-hydrogen) atoms. The molecule has 0 saturated carbocycles. The molecular weight excluding hydrogens is 2040 g/mol. The zero-order valence-electron chi connectivity index (χ0n) is 82.0. The molecule has 0 amide bonds. The fourth-order valence-electron chi connectivity index (χ4n) is 13.0. The number of aliphatic hydroxyl groups is 3. The fraction of sp³-hybridized carbons (Fsp3) is 0.414. The van der Waals surface area contributed by atoms with Gasteiger partial charge >= 0.3 is 479 Å². The Morgan fingerprint density at radius 1 is 0.380 bits per heavy atom. The number of aryl methyl sites for hydroxylation is 3. The second-order valence-electron chi connectivity index (χ2n) is 38.2. The predicted molar refractivity (Wildman–Crippen MR) is 527 cm³/mol. The van der Waals surface area contributed by atoms with Crippen molar-refractivity contribution in [2.45, 2.75) is 301 Å². The Kier molecular flexibility index (Phi) is 45.4. The van der Waals surface area contributed by atoms with Gasteiger partial charge in [0.2, 0.25) is 0 Å². The van der Waals surface area contributed by atoms with Gasteiger partial charge in [-0.05, 0) is 101 Å². The van der Waals surface area contributed by atoms with E-state index in [0.29, 0.717) is 75.0 Å². The largest absolute Gasteiger partial charge is 0.686 e. The Labute approximate surface area is 794 Å². The molecule has 4 N–H and O–H groups in total. The van der Waals surface area contributed by atoms with Crippen molar-refractivity contribution in [1.82, 2.24) is 4.98 Å². The van der Waals surface area contributed by atoms with Crippen molar-refractivity contribution in [3.05, 3.63) is 315 Å². The Hall–Kier alpha value is -8.13. The average molecular weight is 2190 g/mol. The van der Waals surface area contributed by atoms with Crippen LogP contribution in [0.5, 0.6) is 5.75 Å². The van der Waals surface area contributed by atoms with Gasteiger partial charge in [-0.25, -0.2) is 0 Å². The van der Waals surface area contributed by atoms with Crippen molar-refractivity contribution in [1.29, 1.82) is 0 Å². The third-order valence-corrected chi connectivity index (χ3v) is 30.3. The molecule has 0 saturated heterocycles. The molecule has 18 heteroatoms. The molecule has 2 heterocycles. The van der Waals surface area contributed by atoms with Crippen LogP contribution < -0.4 is 4.98 Å². The summed E-state index contributed by atoms with van der Waals surface area (Å²) in [4.78, 5) is 4.11. The van der Waals surface area contributed by atoms with E-state index in [0.717, 1.165) is 34.1 Å². The van der Waals surface area contributed by atoms with Crippen molar-refractivity contribution in [2.75, 3.05) is 0 Å². The van der Waals surface area contributed by atoms with Crippen molar-refractivity contribution >= 4 is 51.8 Å². The third kappa shape index (κ3) is 38.2. The van der Waals surface area contributed by atoms with E-state index in [1.54, 1.807) is 26.8 Å². The summed E-state index contributed by atoms with van der Waals surface area (Å²) < 4.78 is 90.8. The van der Waals surface area contributed by atoms with Crippen LogP contribution in [0.25, 0.3) is 38.0 Å². The van der Waals surface area contributed by atoms with Crippen molar-refractivity contribution in [3.63, 3.8) is 0 Å². The van der Waals surface area contributed by atoms with Gasteiger partial charge in [-0.15, -0.1) is 12.1 Å². The van der Waals surface area contributed by atoms with Gasteiger partial charge < -0.3 is 30.7 Å². The van der Waals surface area contributed by atoms with Crippen LogP contribution in [-0.4, -0.2) is 68.8 Å². The van der Waals surface area contributed by atoms with E-state index >= 15 is 0 Å². The molecule has 1 atom stereocenters. The van der Waals surface area contributed by atoms with Crippen LogP contribution in [0.4, 0.5) is 43.4 Å². The minimum absolute atomic E-state index is 0.0811. The van der Waals surface area contributed by atoms with Crippen LogP contribution in [0.1, 0.15) is 296 Å². The van der Waals surface area contributed by atoms with Crippen LogP contribution >= 0.6 is 0 Å². The molecule has 0 fully saturated rings. The van der Waals surface area contributed by atoms with Crippen molar-refractivity contribution in [2.24, 2.45) is 10.5 Å². The first-order valence-corrected chi connectivity index (χ1v) is 52.5. The van der Waals surface area contributed by atoms with Gasteiger partial charge in [-0.2, -0.15) is 43.4 Å². The van der Waals surface area contributed by atoms with E-state index in [2.05, 4.69) is 356 Å². The molecular formula is C111H145F6MoN5O4W2-2. The number of phenolic OH excluding ortho intramolecular Hbond substituents is 1. The van der Waals surface area contributed by atoms with Crippen molar-refractivity contribution in [3.8, 4) is 16.9 Å². The van der Waals surface area contributed by atoms with E-state index in [1.165, 1.54) is 94.7 Å². The predicted octanol–water partition coefficient (Wildman–Crippen LogP) is 32.2. The number of benzene rings is 10. The molecule has 0 bridgehead atoms. The monoisotopic (exact) mass is 2190 g/mol. The minimum Gasteiger partial charge on any atom is -0.686 e. The van der Waals surface area contributed by atoms with E-state index in [-0.39, 0.29) is 16.2 Å². The van der Waals surface area contributed by atoms with Crippen LogP contribution in [0.2, 0.25) is 0 Å². The molecule has 0 radical (unpaired) electrons. The Morgan fingerprint density at radius 3 is 0.946 bits per heavy atom. The standard InChI is InChI=1S/C21H16O.3C12H17N.3C10H12.C6H10N.C6H8N.2C4H7F3O.C4H10O.Mo.2W/c1-14-6-2-7-15-8-3-11-17(20(14)15)18-12-4-9-16-10-5-13-19(22)21(16)18;3*1-8(2)10-6-5-7-11(9(3)4)12(10)13;3*1-10(2,3)9-7-5-4-6-8-9;2*1-5-3-4-6(2)7-5;2*1-3(2,8)4(5,6)7;1-4(2,3)5;;;/h2-13,22H,1H3;3*5-9H,1-4H3;3*1,4-8H,2-3H3;3,6H,4H2,1-2H3;3-4H,1-2H3;2*8H,1-2H3;5H,1-3H3;;;/q;;;;;;;2*-1;;;;;;. The smallest absolute Gasteiger partial charge is 0.124 e. The van der Waals surface area contributed by atoms with E-state index in [1.807, 2.05) is 57.2 Å². The maximum atomic E-state index is 11.3. The van der Waals surface area contributed by atoms with Crippen LogP contribution in [0.3, 0.4) is 0 Å². The summed E-state index contributed by atoms with van der Waals surface area (Å²) in [5.41, 5.74) is 17.8. The Balaban J connectivity index is 0.000000320. The number of rotatable bonds is 16. The maximum Gasteiger partial charge on any atom is 0.124 e. The summed E-state index contributed by atoms with van der Waals surface area (Å²) in [5.74, 6) is 3.42. The molecule has 11 aromatic rings. The Morgan fingerprint density at radius 2 is 0.667 bits per heavy atom. The number of phenols is 1. The second kappa shape index (κ2) is 51.8. The molecule has 9 nitrogen and oxygen atoms in total. The van der Waals surface area contributed by atoms with Crippen LogP contribution in [0, 0.1) is 20.8 Å². The number of hydrogen-bond acceptors (Lipinski definition) is 7. The fourth-order valence-corrected chi connectivity index (χ4v) is 20.4. The van der Waals surface area contributed by atoms with Gasteiger partial charge in [0, 0.05) is 5.39 Å². The zero-order valence-corrected chi connectivity index (χ0v) is 89.9. The summed E-state index contributed by atoms with van der Waals surface area (Å²) >= 11 is -2.39. The van der Waals surface area contributed by atoms with Gasteiger partial charge in [0.15, 0.2) is 11.2 Å². The first-order chi connectivity index (χ1) is 59.8. The third-order valence-electron chi connectivity index (χ3n) is 20.8. The topological polar surface area (TPSA) is 146 Å². The molecule has 1 unspecified atom stereocenters. The van der Waals surface area contributed by atoms with Crippen molar-refractivity contribution < 1.29 is 101 Å². The second-order valence-corrected chi connectivity index (χ2v) is 44.3. The maximum absolute atomic E-state index is 11.3. The minimum atomic E-state index is -4.51. The molecule has 10 aromatic carbocycles. The van der Waals surface area contributed by atoms with Gasteiger partial charge in [0.25, 0.3) is 0 Å². The van der Waals surface area contributed by atoms with Gasteiger partial charge in [-0.3, -0.25) is 0 Å². The number of nitrogens with zero attached hydrogens (tertiary/aromatic N) is 5. The van der Waals surface area contributed by atoms with Gasteiger partial charge in [0.05, 0.1) is 5.60 Å². The number of aromatic nitrogens is 1. The number of alkyl halides is 6. The molecule has 1 aliphatic rings. The number of aromatic hydroxyl groups is 1. The SMILES string of the molecule is CC(C)(C)O.CC(C)(O)C(F)(F)F.CC(C)(O)C(F)(F)F.CC(C)c1cccc(C(C)C)c1[N]=[Mo]=[CH]C(C)(C)c1ccccc1.CC(C)c1cccc(C(C)C)c1[N]=[W]=[CH]C(C)(C)c1ccccc1.CC(C)c1cccc(C(C)C)c1[N]=[W]=[CH]C(C)(C)c1ccccc1.CC1=CCC(C)[N-]1.Cc1ccc(C)[n-]1.Cc1cccc2cccc(-c3cccc4cccc(O)c34)c12. The summed E-state index contributed by atoms with van der Waals surface area (Å²) in [6.45, 7) is 59.3. The van der Waals surface area contributed by atoms with E-state index in [4.69, 9.17) is 25.8 Å². The molecule has 0 spiro atoms. The first kappa shape index (κ1) is 113. The number of halogens is 6. The normalized spacial score (nSPS) is 12.8. The summed E-state index contributed by atoms with van der Waals surface area (Å²) in [6.07, 6.45) is -5.70. The van der Waals surface area contributed by atoms with E-state index < -0.39 is 82.9 Å². The first-order valence-electron chi connectivity index (χ1n) is 44.4. The molecule has 0 aliphatic carbocycles. The number of hydrogen-bond donors (Lipinski definition) is 4. The van der Waals surface area contributed by atoms with Crippen LogP contribution in [0.15, 0.2) is 253 Å². The average Bonchev–Trinajstić information content (AvgIpc) is 0.942. The van der Waals surface area contributed by atoms with E-state index in [9.17, 15) is 31.4 Å². The zero-order chi connectivity index (χ0) is 97.4. The van der Waals surface area contributed by atoms with Gasteiger partial charge in [-0.1, -0.05) is 107 Å². The number of fused-ring (bicyclic) bond motifs is 2. The van der Waals surface area contributed by atoms with Crippen LogP contribution in [-0.2, 0) is 70.0 Å². The molecule has 1 aliphatic heterocycles. The summed E-state index contributed by atoms with van der Waals surface area (Å²) in [7, 11) is 0. The molecule has 12 rings (SSSR count). The Bertz CT molecular complexity index is 4980. The number of allylic oxidation sites excluding steroid dienone is 1. The molecule has 1 aromatic heterocycles. The quantitative estimate of drug-likeness (QED) is 0.0562. The summed E-state index contributed by atoms with van der Waals surface area (Å²) in [6, 6.07) is 81.4.